The molecule has 13 heteroatoms. The number of amides is 5. The van der Waals surface area contributed by atoms with E-state index in [9.17, 15) is 28.8 Å². The van der Waals surface area contributed by atoms with Crippen LogP contribution in [-0.2, 0) is 24.0 Å². The summed E-state index contributed by atoms with van der Waals surface area (Å²) in [6.45, 7) is 7.85. The van der Waals surface area contributed by atoms with E-state index in [1.54, 1.807) is 4.90 Å². The number of Topliss-reactive ketones (excluding diaryl/α,β-unsaturated/α-hetero) is 1. The molecule has 2 unspecified atom stereocenters. The number of ketones is 1. The number of nitrogens with zero attached hydrogens (tertiary/aromatic N) is 3. The summed E-state index contributed by atoms with van der Waals surface area (Å²) in [6, 6.07) is -3.70. The van der Waals surface area contributed by atoms with Crippen LogP contribution in [-0.4, -0.2) is 86.9 Å². The van der Waals surface area contributed by atoms with Crippen LogP contribution in [0, 0.1) is 23.2 Å². The Morgan fingerprint density at radius 2 is 1.62 bits per heavy atom. The molecule has 274 valence electrons. The highest BCUT2D eigenvalue weighted by molar-refractivity contribution is 6.38. The first-order valence-electron chi connectivity index (χ1n) is 18.7. The molecule has 4 fully saturated rings. The standard InChI is InChI=1S/C37H55N7O6/c1-5-10-26(30(45)35(49)40-24-15-16-24)41-34(48)29-25-14-9-13-23(25)21-44(29)36(50)31(37(2,3)4)43-32(46)27(19-22-11-7-6-8-12-22)42-33(47)28-20-38-17-18-39-28/h17-18,20,22-27,29,31H,5-16,19,21H2,1-4H3,(H,40,49)(H,41,48)(H,42,47)(H,43,46)/t23-,25?,26?,27-,29-,31+/m0/s1. The molecular weight excluding hydrogens is 638 g/mol. The fourth-order valence-corrected chi connectivity index (χ4v) is 8.02. The molecule has 2 heterocycles. The van der Waals surface area contributed by atoms with Crippen molar-refractivity contribution in [3.63, 3.8) is 0 Å². The summed E-state index contributed by atoms with van der Waals surface area (Å²) in [7, 11) is 0. The molecule has 1 aromatic rings. The number of fused-ring (bicyclic) bond motifs is 1. The van der Waals surface area contributed by atoms with Crippen molar-refractivity contribution in [2.75, 3.05) is 6.54 Å². The lowest BCUT2D eigenvalue weighted by Crippen LogP contribution is -2.61. The smallest absolute Gasteiger partial charge is 0.289 e. The van der Waals surface area contributed by atoms with E-state index in [0.717, 1.165) is 64.2 Å². The number of hydrogen-bond acceptors (Lipinski definition) is 8. The first-order chi connectivity index (χ1) is 23.9. The number of carbonyl (C=O) groups is 6. The van der Waals surface area contributed by atoms with Crippen molar-refractivity contribution >= 4 is 35.3 Å². The second-order valence-corrected chi connectivity index (χ2v) is 15.9. The molecule has 0 aromatic carbocycles. The van der Waals surface area contributed by atoms with E-state index in [-0.39, 0.29) is 35.4 Å². The minimum atomic E-state index is -0.996. The molecule has 1 saturated heterocycles. The molecule has 3 aliphatic carbocycles. The molecule has 4 aliphatic rings. The number of rotatable bonds is 14. The van der Waals surface area contributed by atoms with Crippen LogP contribution < -0.4 is 21.3 Å². The van der Waals surface area contributed by atoms with Gasteiger partial charge < -0.3 is 26.2 Å². The molecule has 0 radical (unpaired) electrons. The average molecular weight is 694 g/mol. The van der Waals surface area contributed by atoms with Crippen LogP contribution >= 0.6 is 0 Å². The highest BCUT2D eigenvalue weighted by Gasteiger charge is 2.52. The Hall–Kier alpha value is -3.90. The van der Waals surface area contributed by atoms with Crippen LogP contribution in [0.5, 0.6) is 0 Å². The highest BCUT2D eigenvalue weighted by atomic mass is 16.2. The number of hydrogen-bond donors (Lipinski definition) is 4. The van der Waals surface area contributed by atoms with Crippen molar-refractivity contribution in [1.82, 2.24) is 36.1 Å². The van der Waals surface area contributed by atoms with Crippen LogP contribution in [0.2, 0.25) is 0 Å². The normalized spacial score (nSPS) is 24.0. The van der Waals surface area contributed by atoms with E-state index in [4.69, 9.17) is 0 Å². The quantitative estimate of drug-likeness (QED) is 0.215. The van der Waals surface area contributed by atoms with E-state index in [0.29, 0.717) is 25.8 Å². The van der Waals surface area contributed by atoms with E-state index in [1.165, 1.54) is 18.6 Å². The van der Waals surface area contributed by atoms with Crippen LogP contribution in [0.4, 0.5) is 0 Å². The van der Waals surface area contributed by atoms with Gasteiger partial charge in [0.2, 0.25) is 23.5 Å². The molecule has 1 aromatic heterocycles. The summed E-state index contributed by atoms with van der Waals surface area (Å²) < 4.78 is 0. The van der Waals surface area contributed by atoms with Crippen molar-refractivity contribution < 1.29 is 28.8 Å². The Morgan fingerprint density at radius 1 is 0.880 bits per heavy atom. The Bertz CT molecular complexity index is 1400. The summed E-state index contributed by atoms with van der Waals surface area (Å²) in [4.78, 5) is 91.4. The fraction of sp³-hybridized carbons (Fsp3) is 0.730. The van der Waals surface area contributed by atoms with E-state index in [2.05, 4.69) is 31.2 Å². The van der Waals surface area contributed by atoms with Crippen LogP contribution in [0.15, 0.2) is 18.6 Å². The predicted molar refractivity (Wildman–Crippen MR) is 185 cm³/mol. The predicted octanol–water partition coefficient (Wildman–Crippen LogP) is 2.84. The van der Waals surface area contributed by atoms with Gasteiger partial charge in [-0.25, -0.2) is 4.98 Å². The largest absolute Gasteiger partial charge is 0.347 e. The van der Waals surface area contributed by atoms with Gasteiger partial charge >= 0.3 is 0 Å². The van der Waals surface area contributed by atoms with Crippen molar-refractivity contribution in [1.29, 1.82) is 0 Å². The highest BCUT2D eigenvalue weighted by Crippen LogP contribution is 2.43. The van der Waals surface area contributed by atoms with Crippen molar-refractivity contribution in [2.45, 2.75) is 141 Å². The molecule has 0 spiro atoms. The number of aromatic nitrogens is 2. The van der Waals surface area contributed by atoms with Crippen LogP contribution in [0.3, 0.4) is 0 Å². The van der Waals surface area contributed by atoms with Crippen LogP contribution in [0.1, 0.15) is 122 Å². The third-order valence-corrected chi connectivity index (χ3v) is 10.9. The van der Waals surface area contributed by atoms with Crippen LogP contribution in [0.25, 0.3) is 0 Å². The van der Waals surface area contributed by atoms with Crippen molar-refractivity contribution in [3.05, 3.63) is 24.3 Å². The summed E-state index contributed by atoms with van der Waals surface area (Å²) in [5.74, 6) is -2.86. The van der Waals surface area contributed by atoms with Gasteiger partial charge in [-0.05, 0) is 61.7 Å². The second kappa shape index (κ2) is 16.4. The van der Waals surface area contributed by atoms with Gasteiger partial charge in [-0.2, -0.15) is 0 Å². The molecule has 6 atom stereocenters. The van der Waals surface area contributed by atoms with Gasteiger partial charge in [-0.15, -0.1) is 0 Å². The number of carbonyl (C=O) groups excluding carboxylic acids is 6. The monoisotopic (exact) mass is 693 g/mol. The Morgan fingerprint density at radius 3 is 2.26 bits per heavy atom. The number of nitrogens with one attached hydrogen (secondary N) is 4. The Kier molecular flexibility index (Phi) is 12.3. The summed E-state index contributed by atoms with van der Waals surface area (Å²) in [5.41, 5.74) is -0.642. The minimum Gasteiger partial charge on any atom is -0.347 e. The second-order valence-electron chi connectivity index (χ2n) is 15.9. The molecule has 4 N–H and O–H groups in total. The van der Waals surface area contributed by atoms with Gasteiger partial charge in [-0.1, -0.05) is 72.6 Å². The van der Waals surface area contributed by atoms with Crippen molar-refractivity contribution in [3.8, 4) is 0 Å². The summed E-state index contributed by atoms with van der Waals surface area (Å²) in [6.07, 6.45) is 15.0. The molecule has 5 rings (SSSR count). The molecule has 13 nitrogen and oxygen atoms in total. The molecule has 3 saturated carbocycles. The molecule has 1 aliphatic heterocycles. The van der Waals surface area contributed by atoms with Gasteiger partial charge in [0.1, 0.15) is 23.8 Å². The maximum absolute atomic E-state index is 14.6. The SMILES string of the molecule is CCCC(NC(=O)[C@@H]1C2CCC[C@H]2CN1C(=O)[C@@H](NC(=O)[C@H](CC1CCCCC1)NC(=O)c1cnccn1)C(C)(C)C)C(=O)C(=O)NC1CC1. The summed E-state index contributed by atoms with van der Waals surface area (Å²) >= 11 is 0. The topological polar surface area (TPSA) is 180 Å². The van der Waals surface area contributed by atoms with Gasteiger partial charge in [-0.3, -0.25) is 33.8 Å². The first-order valence-corrected chi connectivity index (χ1v) is 18.7. The zero-order chi connectivity index (χ0) is 36.0. The molecular formula is C37H55N7O6. The van der Waals surface area contributed by atoms with E-state index in [1.807, 2.05) is 27.7 Å². The summed E-state index contributed by atoms with van der Waals surface area (Å²) in [5, 5.41) is 11.5. The maximum atomic E-state index is 14.6. The zero-order valence-electron chi connectivity index (χ0n) is 30.0. The van der Waals surface area contributed by atoms with Gasteiger partial charge in [0, 0.05) is 25.0 Å². The Balaban J connectivity index is 1.35. The fourth-order valence-electron chi connectivity index (χ4n) is 8.02. The maximum Gasteiger partial charge on any atom is 0.289 e. The molecule has 50 heavy (non-hydrogen) atoms. The van der Waals surface area contributed by atoms with E-state index < -0.39 is 59.0 Å². The minimum absolute atomic E-state index is 0.0127. The first kappa shape index (κ1) is 37.4. The zero-order valence-corrected chi connectivity index (χ0v) is 30.0. The van der Waals surface area contributed by atoms with Gasteiger partial charge in [0.15, 0.2) is 0 Å². The lowest BCUT2D eigenvalue weighted by molar-refractivity contribution is -0.146. The average Bonchev–Trinajstić information content (AvgIpc) is 3.66. The van der Waals surface area contributed by atoms with Gasteiger partial charge in [0.05, 0.1) is 12.2 Å². The van der Waals surface area contributed by atoms with E-state index >= 15 is 0 Å². The molecule has 0 bridgehead atoms. The Labute approximate surface area is 295 Å². The van der Waals surface area contributed by atoms with Crippen molar-refractivity contribution in [2.24, 2.45) is 23.2 Å². The third-order valence-electron chi connectivity index (χ3n) is 10.9. The lowest BCUT2D eigenvalue weighted by atomic mass is 9.83. The lowest BCUT2D eigenvalue weighted by Gasteiger charge is -2.37. The molecule has 5 amide bonds. The van der Waals surface area contributed by atoms with Gasteiger partial charge in [0.25, 0.3) is 11.8 Å². The third kappa shape index (κ3) is 9.25. The number of likely N-dealkylation sites (tertiary alicyclic amines) is 1.